The first kappa shape index (κ1) is 26.4. The fraction of sp³-hybridized carbons (Fsp3) is 0.880. The van der Waals surface area contributed by atoms with Crippen LogP contribution >= 0.6 is 0 Å². The highest BCUT2D eigenvalue weighted by Gasteiger charge is 2.21. The van der Waals surface area contributed by atoms with Crippen LogP contribution in [0.5, 0.6) is 0 Å². The number of carbonyl (C=O) groups excluding carboxylic acids is 1. The van der Waals surface area contributed by atoms with Gasteiger partial charge in [-0.25, -0.2) is 0 Å². The third-order valence-corrected chi connectivity index (χ3v) is 5.95. The van der Waals surface area contributed by atoms with Crippen molar-refractivity contribution in [2.45, 2.75) is 117 Å². The Kier molecular flexibility index (Phi) is 18.3. The Labute approximate surface area is 171 Å². The maximum Gasteiger partial charge on any atom is 0.186 e. The molecule has 0 aliphatic carbocycles. The number of nitrogens with zero attached hydrogens (tertiary/aromatic N) is 1. The smallest absolute Gasteiger partial charge is 0.186 e. The second-order valence-corrected chi connectivity index (χ2v) is 8.80. The molecule has 0 N–H and O–H groups in total. The number of carbonyl (C=O) groups is 1. The van der Waals surface area contributed by atoms with Gasteiger partial charge >= 0.3 is 0 Å². The van der Waals surface area contributed by atoms with E-state index in [1.54, 1.807) is 0 Å². The second-order valence-electron chi connectivity index (χ2n) is 8.80. The zero-order valence-electron chi connectivity index (χ0n) is 19.1. The van der Waals surface area contributed by atoms with Crippen molar-refractivity contribution < 1.29 is 9.28 Å². The van der Waals surface area contributed by atoms with Crippen LogP contribution < -0.4 is 0 Å². The third-order valence-electron chi connectivity index (χ3n) is 5.95. The summed E-state index contributed by atoms with van der Waals surface area (Å²) >= 11 is 0. The van der Waals surface area contributed by atoms with Crippen LogP contribution in [0.2, 0.25) is 0 Å². The molecule has 27 heavy (non-hydrogen) atoms. The number of rotatable bonds is 21. The van der Waals surface area contributed by atoms with E-state index in [1.165, 1.54) is 89.9 Å². The average molecular weight is 381 g/mol. The Morgan fingerprint density at radius 3 is 1.52 bits per heavy atom. The van der Waals surface area contributed by atoms with Crippen molar-refractivity contribution in [1.29, 1.82) is 0 Å². The van der Waals surface area contributed by atoms with Gasteiger partial charge in [0.2, 0.25) is 0 Å². The van der Waals surface area contributed by atoms with Crippen LogP contribution in [0, 0.1) is 0 Å². The van der Waals surface area contributed by atoms with Gasteiger partial charge in [0.1, 0.15) is 6.54 Å². The molecule has 1 unspecified atom stereocenters. The van der Waals surface area contributed by atoms with Gasteiger partial charge in [0.15, 0.2) is 5.78 Å². The van der Waals surface area contributed by atoms with Crippen LogP contribution in [0.15, 0.2) is 12.7 Å². The van der Waals surface area contributed by atoms with Crippen LogP contribution in [0.1, 0.15) is 117 Å². The molecule has 0 radical (unpaired) electrons. The largest absolute Gasteiger partial charge is 0.317 e. The summed E-state index contributed by atoms with van der Waals surface area (Å²) in [6.45, 7) is 10.8. The van der Waals surface area contributed by atoms with E-state index >= 15 is 0 Å². The van der Waals surface area contributed by atoms with E-state index in [0.29, 0.717) is 12.3 Å². The van der Waals surface area contributed by atoms with Gasteiger partial charge in [-0.2, -0.15) is 0 Å². The summed E-state index contributed by atoms with van der Waals surface area (Å²) in [5, 5.41) is 0. The molecule has 1 atom stereocenters. The number of Topliss-reactive ketones (excluding diaryl/α,β-unsaturated/α-hetero) is 1. The predicted octanol–water partition coefficient (Wildman–Crippen LogP) is 7.47. The first-order chi connectivity index (χ1) is 13.1. The molecule has 0 aromatic carbocycles. The molecule has 0 aliphatic rings. The molecule has 0 aromatic heterocycles. The Morgan fingerprint density at radius 2 is 1.15 bits per heavy atom. The lowest BCUT2D eigenvalue weighted by Crippen LogP contribution is -2.47. The molecule has 0 amide bonds. The predicted molar refractivity (Wildman–Crippen MR) is 121 cm³/mol. The van der Waals surface area contributed by atoms with Gasteiger partial charge in [-0.1, -0.05) is 103 Å². The lowest BCUT2D eigenvalue weighted by molar-refractivity contribution is -0.894. The minimum Gasteiger partial charge on any atom is -0.317 e. The first-order valence-corrected chi connectivity index (χ1v) is 12.0. The number of unbranched alkanes of at least 4 members (excludes halogenated alkanes) is 14. The van der Waals surface area contributed by atoms with Gasteiger partial charge in [0.25, 0.3) is 0 Å². The maximum absolute atomic E-state index is 12.2. The van der Waals surface area contributed by atoms with Crippen molar-refractivity contribution in [1.82, 2.24) is 0 Å². The topological polar surface area (TPSA) is 17.1 Å². The highest BCUT2D eigenvalue weighted by molar-refractivity contribution is 5.79. The summed E-state index contributed by atoms with van der Waals surface area (Å²) in [7, 11) is 2.16. The van der Waals surface area contributed by atoms with E-state index in [1.807, 2.05) is 6.08 Å². The molecule has 2 nitrogen and oxygen atoms in total. The molecule has 0 spiro atoms. The Bertz CT molecular complexity index is 352. The van der Waals surface area contributed by atoms with Crippen molar-refractivity contribution >= 4 is 5.78 Å². The van der Waals surface area contributed by atoms with Crippen molar-refractivity contribution in [2.75, 3.05) is 26.7 Å². The zero-order chi connectivity index (χ0) is 20.2. The summed E-state index contributed by atoms with van der Waals surface area (Å²) in [5.74, 6) is 0.427. The van der Waals surface area contributed by atoms with Gasteiger partial charge < -0.3 is 4.48 Å². The lowest BCUT2D eigenvalue weighted by atomic mass is 10.0. The molecule has 0 aliphatic heterocycles. The van der Waals surface area contributed by atoms with Crippen LogP contribution in [0.25, 0.3) is 0 Å². The maximum atomic E-state index is 12.2. The van der Waals surface area contributed by atoms with Crippen molar-refractivity contribution in [3.8, 4) is 0 Å². The van der Waals surface area contributed by atoms with Crippen LogP contribution in [-0.2, 0) is 4.79 Å². The van der Waals surface area contributed by atoms with E-state index in [2.05, 4.69) is 27.5 Å². The van der Waals surface area contributed by atoms with Crippen LogP contribution in [0.4, 0.5) is 0 Å². The molecular weight excluding hydrogens is 330 g/mol. The summed E-state index contributed by atoms with van der Waals surface area (Å²) in [6, 6.07) is 0. The number of quaternary nitrogens is 1. The van der Waals surface area contributed by atoms with E-state index < -0.39 is 0 Å². The van der Waals surface area contributed by atoms with E-state index in [0.717, 1.165) is 30.4 Å². The second kappa shape index (κ2) is 18.7. The summed E-state index contributed by atoms with van der Waals surface area (Å²) in [6.07, 6.45) is 23.3. The van der Waals surface area contributed by atoms with Gasteiger partial charge in [0, 0.05) is 6.42 Å². The summed E-state index contributed by atoms with van der Waals surface area (Å²) in [5.41, 5.74) is 0. The molecule has 0 saturated heterocycles. The highest BCUT2D eigenvalue weighted by atomic mass is 16.1. The van der Waals surface area contributed by atoms with E-state index in [4.69, 9.17) is 0 Å². The number of hydrogen-bond donors (Lipinski definition) is 0. The van der Waals surface area contributed by atoms with Gasteiger partial charge in [-0.15, -0.1) is 0 Å². The Balaban J connectivity index is 3.35. The molecule has 0 bridgehead atoms. The van der Waals surface area contributed by atoms with Crippen LogP contribution in [-0.4, -0.2) is 36.9 Å². The SMILES string of the molecule is C=CC[N+](C)(CC)CC(=O)CCCCCCCCCCCCCCCCC. The van der Waals surface area contributed by atoms with Gasteiger partial charge in [-0.3, -0.25) is 4.79 Å². The fourth-order valence-corrected chi connectivity index (χ4v) is 3.82. The number of ketones is 1. The Morgan fingerprint density at radius 1 is 0.741 bits per heavy atom. The van der Waals surface area contributed by atoms with Gasteiger partial charge in [0.05, 0.1) is 20.1 Å². The molecule has 0 heterocycles. The molecule has 0 aromatic rings. The average Bonchev–Trinajstić information content (AvgIpc) is 2.65. The molecule has 2 heteroatoms. The molecular formula is C25H50NO+. The Hall–Kier alpha value is -0.630. The minimum atomic E-state index is 0.427. The molecule has 0 saturated carbocycles. The number of likely N-dealkylation sites (N-methyl/N-ethyl adjacent to an activating group) is 1. The van der Waals surface area contributed by atoms with Crippen molar-refractivity contribution in [2.24, 2.45) is 0 Å². The molecule has 160 valence electrons. The monoisotopic (exact) mass is 380 g/mol. The lowest BCUT2D eigenvalue weighted by Gasteiger charge is -2.31. The minimum absolute atomic E-state index is 0.427. The van der Waals surface area contributed by atoms with E-state index in [9.17, 15) is 4.79 Å². The van der Waals surface area contributed by atoms with E-state index in [-0.39, 0.29) is 0 Å². The van der Waals surface area contributed by atoms with Crippen molar-refractivity contribution in [3.63, 3.8) is 0 Å². The normalized spacial score (nSPS) is 13.4. The van der Waals surface area contributed by atoms with Crippen molar-refractivity contribution in [3.05, 3.63) is 12.7 Å². The highest BCUT2D eigenvalue weighted by Crippen LogP contribution is 2.14. The molecule has 0 rings (SSSR count). The summed E-state index contributed by atoms with van der Waals surface area (Å²) < 4.78 is 0.807. The third kappa shape index (κ3) is 17.2. The number of hydrogen-bond acceptors (Lipinski definition) is 1. The quantitative estimate of drug-likeness (QED) is 0.115. The molecule has 0 fully saturated rings. The van der Waals surface area contributed by atoms with Crippen LogP contribution in [0.3, 0.4) is 0 Å². The van der Waals surface area contributed by atoms with Gasteiger partial charge in [-0.05, 0) is 19.4 Å². The first-order valence-electron chi connectivity index (χ1n) is 12.0. The standard InChI is InChI=1S/C25H50NO/c1-5-8-9-10-11-12-13-14-15-16-17-18-19-20-21-22-25(27)24-26(4,7-3)23-6-2/h6H,2,5,7-24H2,1,3-4H3/q+1. The summed E-state index contributed by atoms with van der Waals surface area (Å²) in [4.78, 5) is 12.2. The fourth-order valence-electron chi connectivity index (χ4n) is 3.82. The zero-order valence-corrected chi connectivity index (χ0v) is 19.1.